The van der Waals surface area contributed by atoms with Crippen molar-refractivity contribution in [2.24, 2.45) is 0 Å². The van der Waals surface area contributed by atoms with Gasteiger partial charge < -0.3 is 10.0 Å². The Morgan fingerprint density at radius 2 is 1.90 bits per heavy atom. The highest BCUT2D eigenvalue weighted by Gasteiger charge is 2.19. The molecular formula is C15H19N3O2. The Morgan fingerprint density at radius 1 is 1.30 bits per heavy atom. The van der Waals surface area contributed by atoms with E-state index in [9.17, 15) is 4.79 Å². The van der Waals surface area contributed by atoms with Crippen LogP contribution in [0, 0.1) is 6.92 Å². The van der Waals surface area contributed by atoms with E-state index in [4.69, 9.17) is 5.11 Å². The van der Waals surface area contributed by atoms with E-state index in [2.05, 4.69) is 9.97 Å². The van der Waals surface area contributed by atoms with E-state index < -0.39 is 5.97 Å². The first-order valence-electron chi connectivity index (χ1n) is 6.74. The Hall–Kier alpha value is -2.17. The van der Waals surface area contributed by atoms with Gasteiger partial charge in [0.1, 0.15) is 0 Å². The monoisotopic (exact) mass is 273 g/mol. The van der Waals surface area contributed by atoms with Gasteiger partial charge in [0.05, 0.1) is 23.1 Å². The third-order valence-electron chi connectivity index (χ3n) is 3.33. The lowest BCUT2D eigenvalue weighted by Gasteiger charge is -2.29. The number of carboxylic acids is 1. The fourth-order valence-electron chi connectivity index (χ4n) is 2.38. The first-order valence-corrected chi connectivity index (χ1v) is 6.74. The normalized spacial score (nSPS) is 12.3. The van der Waals surface area contributed by atoms with Gasteiger partial charge in [-0.15, -0.1) is 0 Å². The van der Waals surface area contributed by atoms with E-state index in [0.717, 1.165) is 22.5 Å². The maximum atomic E-state index is 10.9. The lowest BCUT2D eigenvalue weighted by molar-refractivity contribution is -0.137. The van der Waals surface area contributed by atoms with Gasteiger partial charge in [0.15, 0.2) is 5.82 Å². The molecule has 0 saturated heterocycles. The van der Waals surface area contributed by atoms with Crippen LogP contribution < -0.4 is 4.90 Å². The fraction of sp³-hybridized carbons (Fsp3) is 0.400. The standard InChI is InChI=1S/C15H19N3O2/c1-4-18(10(2)9-14(19)20)15-11(3)16-12-7-5-6-8-13(12)17-15/h5-8,10H,4,9H2,1-3H3,(H,19,20). The summed E-state index contributed by atoms with van der Waals surface area (Å²) in [6.07, 6.45) is 0.0851. The molecule has 1 aromatic carbocycles. The minimum atomic E-state index is -0.803. The zero-order valence-electron chi connectivity index (χ0n) is 12.0. The molecule has 0 aliphatic heterocycles. The summed E-state index contributed by atoms with van der Waals surface area (Å²) in [6.45, 7) is 6.50. The predicted molar refractivity (Wildman–Crippen MR) is 79.0 cm³/mol. The number of carboxylic acid groups (broad SMARTS) is 1. The first-order chi connectivity index (χ1) is 9.52. The van der Waals surface area contributed by atoms with Gasteiger partial charge >= 0.3 is 5.97 Å². The van der Waals surface area contributed by atoms with Crippen molar-refractivity contribution < 1.29 is 9.90 Å². The van der Waals surface area contributed by atoms with E-state index >= 15 is 0 Å². The minimum absolute atomic E-state index is 0.0851. The van der Waals surface area contributed by atoms with E-state index in [1.54, 1.807) is 0 Å². The van der Waals surface area contributed by atoms with Crippen molar-refractivity contribution in [3.8, 4) is 0 Å². The summed E-state index contributed by atoms with van der Waals surface area (Å²) in [5.41, 5.74) is 2.51. The molecule has 1 heterocycles. The molecule has 1 N–H and O–H groups in total. The maximum absolute atomic E-state index is 10.9. The van der Waals surface area contributed by atoms with Crippen LogP contribution in [0.1, 0.15) is 26.0 Å². The molecule has 1 unspecified atom stereocenters. The summed E-state index contributed by atoms with van der Waals surface area (Å²) in [6, 6.07) is 7.58. The summed E-state index contributed by atoms with van der Waals surface area (Å²) in [4.78, 5) is 22.1. The number of hydrogen-bond acceptors (Lipinski definition) is 4. The number of aromatic nitrogens is 2. The molecule has 2 aromatic rings. The van der Waals surface area contributed by atoms with Gasteiger partial charge in [0.2, 0.25) is 0 Å². The average molecular weight is 273 g/mol. The molecule has 0 aliphatic rings. The molecule has 0 saturated carbocycles. The second kappa shape index (κ2) is 5.86. The van der Waals surface area contributed by atoms with Gasteiger partial charge in [-0.2, -0.15) is 0 Å². The highest BCUT2D eigenvalue weighted by Crippen LogP contribution is 2.22. The van der Waals surface area contributed by atoms with Gasteiger partial charge in [-0.3, -0.25) is 4.79 Å². The van der Waals surface area contributed by atoms with Gasteiger partial charge in [0.25, 0.3) is 0 Å². The summed E-state index contributed by atoms with van der Waals surface area (Å²) in [5, 5.41) is 8.95. The summed E-state index contributed by atoms with van der Waals surface area (Å²) >= 11 is 0. The Labute approximate surface area is 118 Å². The van der Waals surface area contributed by atoms with Crippen molar-refractivity contribution in [1.82, 2.24) is 9.97 Å². The average Bonchev–Trinajstić information content (AvgIpc) is 2.39. The molecule has 0 amide bonds. The second-order valence-electron chi connectivity index (χ2n) is 4.85. The molecule has 2 rings (SSSR count). The number of rotatable bonds is 5. The number of carbonyl (C=O) groups is 1. The van der Waals surface area contributed by atoms with E-state index in [1.807, 2.05) is 49.9 Å². The van der Waals surface area contributed by atoms with Crippen molar-refractivity contribution in [2.75, 3.05) is 11.4 Å². The summed E-state index contributed by atoms with van der Waals surface area (Å²) < 4.78 is 0. The van der Waals surface area contributed by atoms with Crippen LogP contribution in [0.2, 0.25) is 0 Å². The molecule has 0 fully saturated rings. The number of aliphatic carboxylic acids is 1. The topological polar surface area (TPSA) is 66.3 Å². The summed E-state index contributed by atoms with van der Waals surface area (Å²) in [7, 11) is 0. The summed E-state index contributed by atoms with van der Waals surface area (Å²) in [5.74, 6) is -0.0395. The zero-order valence-corrected chi connectivity index (χ0v) is 12.0. The third-order valence-corrected chi connectivity index (χ3v) is 3.33. The first kappa shape index (κ1) is 14.2. The number of fused-ring (bicyclic) bond motifs is 1. The number of para-hydroxylation sites is 2. The van der Waals surface area contributed by atoms with Crippen LogP contribution in [0.25, 0.3) is 11.0 Å². The van der Waals surface area contributed by atoms with Crippen LogP contribution in [-0.4, -0.2) is 33.6 Å². The molecule has 0 spiro atoms. The second-order valence-corrected chi connectivity index (χ2v) is 4.85. The van der Waals surface area contributed by atoms with Gasteiger partial charge in [-0.1, -0.05) is 12.1 Å². The highest BCUT2D eigenvalue weighted by molar-refractivity contribution is 5.76. The van der Waals surface area contributed by atoms with Crippen LogP contribution in [0.4, 0.5) is 5.82 Å². The van der Waals surface area contributed by atoms with E-state index in [0.29, 0.717) is 6.54 Å². The van der Waals surface area contributed by atoms with Crippen LogP contribution >= 0.6 is 0 Å². The van der Waals surface area contributed by atoms with Crippen molar-refractivity contribution in [3.63, 3.8) is 0 Å². The smallest absolute Gasteiger partial charge is 0.305 e. The largest absolute Gasteiger partial charge is 0.481 e. The number of aryl methyl sites for hydroxylation is 1. The lowest BCUT2D eigenvalue weighted by atomic mass is 10.2. The zero-order chi connectivity index (χ0) is 14.7. The molecule has 1 atom stereocenters. The predicted octanol–water partition coefficient (Wildman–Crippen LogP) is 2.63. The molecule has 106 valence electrons. The Bertz CT molecular complexity index is 628. The van der Waals surface area contributed by atoms with E-state index in [1.165, 1.54) is 0 Å². The Kier molecular flexibility index (Phi) is 4.17. The number of anilines is 1. The number of nitrogens with zero attached hydrogens (tertiary/aromatic N) is 3. The molecule has 0 radical (unpaired) electrons. The van der Waals surface area contributed by atoms with Crippen LogP contribution in [0.5, 0.6) is 0 Å². The maximum Gasteiger partial charge on any atom is 0.305 e. The lowest BCUT2D eigenvalue weighted by Crippen LogP contribution is -2.36. The molecular weight excluding hydrogens is 254 g/mol. The fourth-order valence-corrected chi connectivity index (χ4v) is 2.38. The molecule has 0 bridgehead atoms. The van der Waals surface area contributed by atoms with Crippen molar-refractivity contribution in [3.05, 3.63) is 30.0 Å². The van der Waals surface area contributed by atoms with Crippen molar-refractivity contribution in [1.29, 1.82) is 0 Å². The Morgan fingerprint density at radius 3 is 2.45 bits per heavy atom. The van der Waals surface area contributed by atoms with Gasteiger partial charge in [0, 0.05) is 12.6 Å². The van der Waals surface area contributed by atoms with Crippen molar-refractivity contribution in [2.45, 2.75) is 33.2 Å². The van der Waals surface area contributed by atoms with Crippen LogP contribution in [-0.2, 0) is 4.79 Å². The van der Waals surface area contributed by atoms with E-state index in [-0.39, 0.29) is 12.5 Å². The van der Waals surface area contributed by atoms with Gasteiger partial charge in [-0.25, -0.2) is 9.97 Å². The minimum Gasteiger partial charge on any atom is -0.481 e. The van der Waals surface area contributed by atoms with Crippen LogP contribution in [0.15, 0.2) is 24.3 Å². The molecule has 5 heteroatoms. The van der Waals surface area contributed by atoms with Gasteiger partial charge in [-0.05, 0) is 32.9 Å². The SMILES string of the molecule is CCN(c1nc2ccccc2nc1C)C(C)CC(=O)O. The molecule has 5 nitrogen and oxygen atoms in total. The number of benzene rings is 1. The van der Waals surface area contributed by atoms with Crippen LogP contribution in [0.3, 0.4) is 0 Å². The molecule has 1 aromatic heterocycles. The molecule has 20 heavy (non-hydrogen) atoms. The van der Waals surface area contributed by atoms with Crippen molar-refractivity contribution >= 4 is 22.8 Å². The number of hydrogen-bond donors (Lipinski definition) is 1. The highest BCUT2D eigenvalue weighted by atomic mass is 16.4. The third kappa shape index (κ3) is 2.87. The molecule has 0 aliphatic carbocycles. The quantitative estimate of drug-likeness (QED) is 0.907. The Balaban J connectivity index is 2.43.